The summed E-state index contributed by atoms with van der Waals surface area (Å²) in [7, 11) is -0.531. The number of carbonyl (C=O) groups is 1. The number of ether oxygens (including phenoxy) is 1. The van der Waals surface area contributed by atoms with E-state index in [1.54, 1.807) is 23.1 Å². The third-order valence-electron chi connectivity index (χ3n) is 5.30. The molecule has 1 aliphatic rings. The van der Waals surface area contributed by atoms with Crippen molar-refractivity contribution < 1.29 is 17.9 Å². The SMILES string of the molecule is COc1ccc(C)cc1S(=O)(=O)NC(Cc1ccccc1)C(=O)N1CCN(C)CC1. The van der Waals surface area contributed by atoms with Gasteiger partial charge in [0.1, 0.15) is 16.7 Å². The molecule has 1 N–H and O–H groups in total. The van der Waals surface area contributed by atoms with Gasteiger partial charge in [0, 0.05) is 26.2 Å². The first kappa shape index (κ1) is 22.3. The number of hydrogen-bond donors (Lipinski definition) is 1. The molecule has 1 atom stereocenters. The standard InChI is InChI=1S/C22H29N3O4S/c1-17-9-10-20(29-3)21(15-17)30(27,28)23-19(16-18-7-5-4-6-8-18)22(26)25-13-11-24(2)12-14-25/h4-10,15,19,23H,11-14,16H2,1-3H3. The summed E-state index contributed by atoms with van der Waals surface area (Å²) in [5, 5.41) is 0. The van der Waals surface area contributed by atoms with E-state index >= 15 is 0 Å². The highest BCUT2D eigenvalue weighted by Gasteiger charge is 2.32. The number of nitrogens with zero attached hydrogens (tertiary/aromatic N) is 2. The lowest BCUT2D eigenvalue weighted by atomic mass is 10.1. The summed E-state index contributed by atoms with van der Waals surface area (Å²) in [6.45, 7) is 4.51. The first-order chi connectivity index (χ1) is 14.3. The molecule has 2 aromatic rings. The van der Waals surface area contributed by atoms with E-state index in [1.165, 1.54) is 7.11 Å². The molecule has 0 radical (unpaired) electrons. The fraction of sp³-hybridized carbons (Fsp3) is 0.409. The Morgan fingerprint density at radius 2 is 1.77 bits per heavy atom. The topological polar surface area (TPSA) is 78.9 Å². The average molecular weight is 432 g/mol. The van der Waals surface area contributed by atoms with Crippen molar-refractivity contribution >= 4 is 15.9 Å². The number of sulfonamides is 1. The second kappa shape index (κ2) is 9.59. The number of piperazine rings is 1. The number of carbonyl (C=O) groups excluding carboxylic acids is 1. The number of hydrogen-bond acceptors (Lipinski definition) is 5. The minimum absolute atomic E-state index is 0.0363. The maximum atomic E-state index is 13.3. The second-order valence-electron chi connectivity index (χ2n) is 7.65. The van der Waals surface area contributed by atoms with Crippen LogP contribution in [-0.2, 0) is 21.2 Å². The maximum absolute atomic E-state index is 13.3. The van der Waals surface area contributed by atoms with E-state index in [4.69, 9.17) is 4.74 Å². The Balaban J connectivity index is 1.90. The Labute approximate surface area is 178 Å². The van der Waals surface area contributed by atoms with Crippen LogP contribution in [0.2, 0.25) is 0 Å². The number of benzene rings is 2. The van der Waals surface area contributed by atoms with Gasteiger partial charge in [-0.05, 0) is 43.7 Å². The normalized spacial score (nSPS) is 16.3. The highest BCUT2D eigenvalue weighted by molar-refractivity contribution is 7.89. The molecule has 1 fully saturated rings. The van der Waals surface area contributed by atoms with E-state index in [0.717, 1.165) is 24.2 Å². The summed E-state index contributed by atoms with van der Waals surface area (Å²) >= 11 is 0. The first-order valence-corrected chi connectivity index (χ1v) is 11.5. The zero-order valence-corrected chi connectivity index (χ0v) is 18.5. The van der Waals surface area contributed by atoms with Gasteiger partial charge in [-0.3, -0.25) is 4.79 Å². The second-order valence-corrected chi connectivity index (χ2v) is 9.33. The van der Waals surface area contributed by atoms with Crippen LogP contribution in [0.25, 0.3) is 0 Å². The summed E-state index contributed by atoms with van der Waals surface area (Å²) < 4.78 is 34.4. The molecule has 1 heterocycles. The zero-order chi connectivity index (χ0) is 21.7. The van der Waals surface area contributed by atoms with Crippen LogP contribution in [0.3, 0.4) is 0 Å². The third-order valence-corrected chi connectivity index (χ3v) is 6.79. The van der Waals surface area contributed by atoms with Gasteiger partial charge in [-0.15, -0.1) is 0 Å². The zero-order valence-electron chi connectivity index (χ0n) is 17.7. The predicted molar refractivity (Wildman–Crippen MR) is 116 cm³/mol. The van der Waals surface area contributed by atoms with Crippen LogP contribution < -0.4 is 9.46 Å². The van der Waals surface area contributed by atoms with Crippen LogP contribution in [0.1, 0.15) is 11.1 Å². The predicted octanol–water partition coefficient (Wildman–Crippen LogP) is 1.67. The quantitative estimate of drug-likeness (QED) is 0.722. The molecule has 0 aromatic heterocycles. The Morgan fingerprint density at radius 3 is 2.40 bits per heavy atom. The molecule has 30 heavy (non-hydrogen) atoms. The van der Waals surface area contributed by atoms with Crippen molar-refractivity contribution in [1.82, 2.24) is 14.5 Å². The average Bonchev–Trinajstić information content (AvgIpc) is 2.74. The molecule has 1 aliphatic heterocycles. The van der Waals surface area contributed by atoms with E-state index in [9.17, 15) is 13.2 Å². The molecule has 2 aromatic carbocycles. The van der Waals surface area contributed by atoms with Crippen molar-refractivity contribution in [1.29, 1.82) is 0 Å². The number of methoxy groups -OCH3 is 1. The molecule has 7 nitrogen and oxygen atoms in total. The van der Waals surface area contributed by atoms with Crippen molar-refractivity contribution in [3.8, 4) is 5.75 Å². The minimum atomic E-state index is -3.97. The Hall–Kier alpha value is -2.42. The number of nitrogens with one attached hydrogen (secondary N) is 1. The molecule has 1 amide bonds. The van der Waals surface area contributed by atoms with Crippen molar-refractivity contribution in [3.05, 3.63) is 59.7 Å². The van der Waals surface area contributed by atoms with Gasteiger partial charge in [0.25, 0.3) is 0 Å². The number of aryl methyl sites for hydroxylation is 1. The Kier molecular flexibility index (Phi) is 7.12. The monoisotopic (exact) mass is 431 g/mol. The molecule has 0 saturated carbocycles. The van der Waals surface area contributed by atoms with E-state index < -0.39 is 16.1 Å². The van der Waals surface area contributed by atoms with Crippen LogP contribution >= 0.6 is 0 Å². The van der Waals surface area contributed by atoms with Gasteiger partial charge in [-0.2, -0.15) is 4.72 Å². The van der Waals surface area contributed by atoms with E-state index in [-0.39, 0.29) is 23.0 Å². The summed E-state index contributed by atoms with van der Waals surface area (Å²) in [5.74, 6) is 0.0424. The van der Waals surface area contributed by atoms with Gasteiger partial charge >= 0.3 is 0 Å². The van der Waals surface area contributed by atoms with Gasteiger partial charge in [-0.1, -0.05) is 36.4 Å². The molecular weight excluding hydrogens is 402 g/mol. The Morgan fingerprint density at radius 1 is 1.10 bits per heavy atom. The fourth-order valence-electron chi connectivity index (χ4n) is 3.52. The fourth-order valence-corrected chi connectivity index (χ4v) is 4.96. The van der Waals surface area contributed by atoms with Crippen LogP contribution in [0.4, 0.5) is 0 Å². The summed E-state index contributed by atoms with van der Waals surface area (Å²) in [4.78, 5) is 17.2. The summed E-state index contributed by atoms with van der Waals surface area (Å²) in [5.41, 5.74) is 1.69. The molecule has 0 bridgehead atoms. The van der Waals surface area contributed by atoms with E-state index in [0.29, 0.717) is 13.1 Å². The molecule has 1 unspecified atom stereocenters. The van der Waals surface area contributed by atoms with E-state index in [2.05, 4.69) is 9.62 Å². The summed E-state index contributed by atoms with van der Waals surface area (Å²) in [6, 6.07) is 13.5. The van der Waals surface area contributed by atoms with Crippen LogP contribution in [0, 0.1) is 6.92 Å². The highest BCUT2D eigenvalue weighted by atomic mass is 32.2. The lowest BCUT2D eigenvalue weighted by Crippen LogP contribution is -2.54. The van der Waals surface area contributed by atoms with Crippen LogP contribution in [0.5, 0.6) is 5.75 Å². The lowest BCUT2D eigenvalue weighted by Gasteiger charge is -2.34. The van der Waals surface area contributed by atoms with Crippen molar-refractivity contribution in [2.75, 3.05) is 40.3 Å². The maximum Gasteiger partial charge on any atom is 0.244 e. The molecular formula is C22H29N3O4S. The van der Waals surface area contributed by atoms with Gasteiger partial charge in [0.05, 0.1) is 7.11 Å². The van der Waals surface area contributed by atoms with Gasteiger partial charge in [0.15, 0.2) is 0 Å². The third kappa shape index (κ3) is 5.38. The molecule has 162 valence electrons. The Bertz CT molecular complexity index is 971. The number of rotatable bonds is 7. The number of likely N-dealkylation sites (N-methyl/N-ethyl adjacent to an activating group) is 1. The molecule has 0 aliphatic carbocycles. The molecule has 3 rings (SSSR count). The molecule has 0 spiro atoms. The van der Waals surface area contributed by atoms with E-state index in [1.807, 2.05) is 44.3 Å². The minimum Gasteiger partial charge on any atom is -0.495 e. The van der Waals surface area contributed by atoms with Crippen molar-refractivity contribution in [2.45, 2.75) is 24.3 Å². The summed E-state index contributed by atoms with van der Waals surface area (Å²) in [6.07, 6.45) is 0.277. The first-order valence-electron chi connectivity index (χ1n) is 9.98. The smallest absolute Gasteiger partial charge is 0.244 e. The van der Waals surface area contributed by atoms with Crippen LogP contribution in [0.15, 0.2) is 53.4 Å². The molecule has 1 saturated heterocycles. The highest BCUT2D eigenvalue weighted by Crippen LogP contribution is 2.25. The van der Waals surface area contributed by atoms with Gasteiger partial charge < -0.3 is 14.5 Å². The lowest BCUT2D eigenvalue weighted by molar-refractivity contribution is -0.134. The molecule has 8 heteroatoms. The van der Waals surface area contributed by atoms with Crippen molar-refractivity contribution in [3.63, 3.8) is 0 Å². The van der Waals surface area contributed by atoms with Crippen molar-refractivity contribution in [2.24, 2.45) is 0 Å². The largest absolute Gasteiger partial charge is 0.495 e. The van der Waals surface area contributed by atoms with Crippen LogP contribution in [-0.4, -0.2) is 70.5 Å². The van der Waals surface area contributed by atoms with Gasteiger partial charge in [-0.25, -0.2) is 8.42 Å². The van der Waals surface area contributed by atoms with Gasteiger partial charge in [0.2, 0.25) is 15.9 Å². The number of amides is 1.